The van der Waals surface area contributed by atoms with Gasteiger partial charge in [0.05, 0.1) is 5.92 Å². The first-order chi connectivity index (χ1) is 10.1. The minimum Gasteiger partial charge on any atom is -0.481 e. The number of hydrogen-bond acceptors (Lipinski definition) is 4. The van der Waals surface area contributed by atoms with Gasteiger partial charge in [-0.1, -0.05) is 30.3 Å². The Morgan fingerprint density at radius 1 is 1.29 bits per heavy atom. The molecular weight excluding hydrogens is 274 g/mol. The summed E-state index contributed by atoms with van der Waals surface area (Å²) in [6.45, 7) is 0.121. The first-order valence-corrected chi connectivity index (χ1v) is 6.78. The largest absolute Gasteiger partial charge is 0.481 e. The highest BCUT2D eigenvalue weighted by Gasteiger charge is 2.35. The molecule has 112 valence electrons. The summed E-state index contributed by atoms with van der Waals surface area (Å²) in [6, 6.07) is 8.62. The van der Waals surface area contributed by atoms with E-state index in [4.69, 9.17) is 9.84 Å². The molecule has 2 N–H and O–H groups in total. The Morgan fingerprint density at radius 2 is 2.00 bits per heavy atom. The SMILES string of the molecule is O=C1CCC(NC(=O)OCc2ccccc2)C(C(=O)O)C1. The van der Waals surface area contributed by atoms with E-state index in [0.717, 1.165) is 5.56 Å². The highest BCUT2D eigenvalue weighted by molar-refractivity contribution is 5.86. The molecule has 0 aliphatic heterocycles. The topological polar surface area (TPSA) is 92.7 Å². The van der Waals surface area contributed by atoms with Crippen molar-refractivity contribution in [3.05, 3.63) is 35.9 Å². The molecule has 2 rings (SSSR count). The lowest BCUT2D eigenvalue weighted by molar-refractivity contribution is -0.146. The molecule has 21 heavy (non-hydrogen) atoms. The molecule has 6 nitrogen and oxygen atoms in total. The molecule has 2 atom stereocenters. The second-order valence-electron chi connectivity index (χ2n) is 5.04. The third kappa shape index (κ3) is 4.30. The molecule has 1 saturated carbocycles. The van der Waals surface area contributed by atoms with Crippen LogP contribution < -0.4 is 5.32 Å². The number of ether oxygens (including phenoxy) is 1. The Bertz CT molecular complexity index is 528. The molecule has 1 aliphatic rings. The maximum Gasteiger partial charge on any atom is 0.407 e. The zero-order chi connectivity index (χ0) is 15.2. The zero-order valence-corrected chi connectivity index (χ0v) is 11.5. The fraction of sp³-hybridized carbons (Fsp3) is 0.400. The van der Waals surface area contributed by atoms with Crippen molar-refractivity contribution in [3.63, 3.8) is 0 Å². The summed E-state index contributed by atoms with van der Waals surface area (Å²) in [5, 5.41) is 11.6. The Labute approximate surface area is 122 Å². The van der Waals surface area contributed by atoms with Crippen LogP contribution in [0, 0.1) is 5.92 Å². The lowest BCUT2D eigenvalue weighted by Crippen LogP contribution is -2.47. The molecule has 6 heteroatoms. The number of hydrogen-bond donors (Lipinski definition) is 2. The molecule has 0 saturated heterocycles. The number of carboxylic acid groups (broad SMARTS) is 1. The molecular formula is C15H17NO5. The molecule has 0 heterocycles. The number of carbonyl (C=O) groups excluding carboxylic acids is 2. The van der Waals surface area contributed by atoms with Gasteiger partial charge < -0.3 is 15.2 Å². The van der Waals surface area contributed by atoms with Crippen molar-refractivity contribution < 1.29 is 24.2 Å². The number of benzene rings is 1. The molecule has 1 aromatic carbocycles. The van der Waals surface area contributed by atoms with Gasteiger partial charge in [0.1, 0.15) is 12.4 Å². The number of carbonyl (C=O) groups is 3. The van der Waals surface area contributed by atoms with Crippen LogP contribution in [0.15, 0.2) is 30.3 Å². The number of rotatable bonds is 4. The van der Waals surface area contributed by atoms with E-state index in [1.807, 2.05) is 30.3 Å². The van der Waals surface area contributed by atoms with Gasteiger partial charge in [0, 0.05) is 18.9 Å². The van der Waals surface area contributed by atoms with Crippen LogP contribution in [0.1, 0.15) is 24.8 Å². The molecule has 0 aromatic heterocycles. The van der Waals surface area contributed by atoms with E-state index in [0.29, 0.717) is 6.42 Å². The molecule has 0 radical (unpaired) electrons. The molecule has 2 unspecified atom stereocenters. The predicted molar refractivity (Wildman–Crippen MR) is 73.5 cm³/mol. The third-order valence-electron chi connectivity index (χ3n) is 3.50. The summed E-state index contributed by atoms with van der Waals surface area (Å²) in [5.74, 6) is -2.04. The van der Waals surface area contributed by atoms with Gasteiger partial charge in [-0.3, -0.25) is 9.59 Å². The van der Waals surface area contributed by atoms with Crippen molar-refractivity contribution in [2.45, 2.75) is 31.9 Å². The molecule has 1 amide bonds. The zero-order valence-electron chi connectivity index (χ0n) is 11.5. The lowest BCUT2D eigenvalue weighted by Gasteiger charge is -2.28. The summed E-state index contributed by atoms with van der Waals surface area (Å²) in [6.07, 6.45) is -0.0905. The number of carboxylic acids is 1. The van der Waals surface area contributed by atoms with E-state index in [2.05, 4.69) is 5.32 Å². The number of alkyl carbamates (subject to hydrolysis) is 1. The quantitative estimate of drug-likeness (QED) is 0.881. The third-order valence-corrected chi connectivity index (χ3v) is 3.50. The summed E-state index contributed by atoms with van der Waals surface area (Å²) in [7, 11) is 0. The van der Waals surface area contributed by atoms with Crippen LogP contribution in [0.2, 0.25) is 0 Å². The maximum atomic E-state index is 11.7. The number of aliphatic carboxylic acids is 1. The Kier molecular flexibility index (Phi) is 4.92. The van der Waals surface area contributed by atoms with Gasteiger partial charge in [-0.25, -0.2) is 4.79 Å². The van der Waals surface area contributed by atoms with E-state index in [9.17, 15) is 14.4 Å². The first kappa shape index (κ1) is 15.0. The van der Waals surface area contributed by atoms with Crippen LogP contribution in [-0.4, -0.2) is 29.0 Å². The second kappa shape index (κ2) is 6.88. The fourth-order valence-electron chi connectivity index (χ4n) is 2.36. The van der Waals surface area contributed by atoms with Crippen LogP contribution in [-0.2, 0) is 20.9 Å². The maximum absolute atomic E-state index is 11.7. The van der Waals surface area contributed by atoms with Gasteiger partial charge in [0.25, 0.3) is 0 Å². The number of nitrogens with one attached hydrogen (secondary N) is 1. The summed E-state index contributed by atoms with van der Waals surface area (Å²) in [4.78, 5) is 34.2. The van der Waals surface area contributed by atoms with Gasteiger partial charge in [0.15, 0.2) is 0 Å². The summed E-state index contributed by atoms with van der Waals surface area (Å²) < 4.78 is 5.06. The van der Waals surface area contributed by atoms with Gasteiger partial charge in [-0.05, 0) is 12.0 Å². The van der Waals surface area contributed by atoms with Crippen molar-refractivity contribution in [1.82, 2.24) is 5.32 Å². The highest BCUT2D eigenvalue weighted by Crippen LogP contribution is 2.22. The Morgan fingerprint density at radius 3 is 2.67 bits per heavy atom. The molecule has 0 spiro atoms. The normalized spacial score (nSPS) is 21.6. The Balaban J connectivity index is 1.86. The lowest BCUT2D eigenvalue weighted by atomic mass is 9.84. The number of ketones is 1. The average Bonchev–Trinajstić information content (AvgIpc) is 2.48. The van der Waals surface area contributed by atoms with Crippen LogP contribution in [0.3, 0.4) is 0 Å². The average molecular weight is 291 g/mol. The second-order valence-corrected chi connectivity index (χ2v) is 5.04. The molecule has 1 fully saturated rings. The van der Waals surface area contributed by atoms with Crippen LogP contribution in [0.4, 0.5) is 4.79 Å². The fourth-order valence-corrected chi connectivity index (χ4v) is 2.36. The number of Topliss-reactive ketones (excluding diaryl/α,β-unsaturated/α-hetero) is 1. The smallest absolute Gasteiger partial charge is 0.407 e. The first-order valence-electron chi connectivity index (χ1n) is 6.78. The highest BCUT2D eigenvalue weighted by atomic mass is 16.5. The molecule has 0 bridgehead atoms. The van der Waals surface area contributed by atoms with Crippen LogP contribution in [0.5, 0.6) is 0 Å². The summed E-state index contributed by atoms with van der Waals surface area (Å²) in [5.41, 5.74) is 0.848. The number of amides is 1. The van der Waals surface area contributed by atoms with E-state index < -0.39 is 24.0 Å². The van der Waals surface area contributed by atoms with E-state index in [1.165, 1.54) is 0 Å². The van der Waals surface area contributed by atoms with Crippen molar-refractivity contribution in [2.24, 2.45) is 5.92 Å². The summed E-state index contributed by atoms with van der Waals surface area (Å²) >= 11 is 0. The predicted octanol–water partition coefficient (Wildman–Crippen LogP) is 1.74. The van der Waals surface area contributed by atoms with Crippen molar-refractivity contribution in [1.29, 1.82) is 0 Å². The van der Waals surface area contributed by atoms with Crippen molar-refractivity contribution >= 4 is 17.8 Å². The van der Waals surface area contributed by atoms with Gasteiger partial charge in [-0.2, -0.15) is 0 Å². The van der Waals surface area contributed by atoms with Crippen LogP contribution in [0.25, 0.3) is 0 Å². The van der Waals surface area contributed by atoms with Crippen molar-refractivity contribution in [3.8, 4) is 0 Å². The Hall–Kier alpha value is -2.37. The monoisotopic (exact) mass is 291 g/mol. The van der Waals surface area contributed by atoms with E-state index >= 15 is 0 Å². The van der Waals surface area contributed by atoms with E-state index in [-0.39, 0.29) is 25.2 Å². The van der Waals surface area contributed by atoms with Crippen molar-refractivity contribution in [2.75, 3.05) is 0 Å². The standard InChI is InChI=1S/C15H17NO5/c17-11-6-7-13(12(8-11)14(18)19)16-15(20)21-9-10-4-2-1-3-5-10/h1-5,12-13H,6-9H2,(H,16,20)(H,18,19). The van der Waals surface area contributed by atoms with Gasteiger partial charge in [-0.15, -0.1) is 0 Å². The van der Waals surface area contributed by atoms with E-state index in [1.54, 1.807) is 0 Å². The van der Waals surface area contributed by atoms with Crippen LogP contribution >= 0.6 is 0 Å². The minimum absolute atomic E-state index is 0.0427. The molecule has 1 aromatic rings. The minimum atomic E-state index is -1.07. The van der Waals surface area contributed by atoms with Gasteiger partial charge in [0.2, 0.25) is 0 Å². The van der Waals surface area contributed by atoms with Gasteiger partial charge >= 0.3 is 12.1 Å². The molecule has 1 aliphatic carbocycles.